The van der Waals surface area contributed by atoms with Crippen molar-refractivity contribution >= 4 is 25.9 Å². The predicted octanol–water partition coefficient (Wildman–Crippen LogP) is 1.02. The highest BCUT2D eigenvalue weighted by Gasteiger charge is 2.11. The first-order chi connectivity index (χ1) is 18.8. The van der Waals surface area contributed by atoms with E-state index in [2.05, 4.69) is 26.0 Å². The fraction of sp³-hybridized carbons (Fsp3) is 0.250. The molecule has 0 bridgehead atoms. The third kappa shape index (κ3) is 8.71. The van der Waals surface area contributed by atoms with E-state index in [1.165, 1.54) is 28.9 Å². The first-order valence-corrected chi connectivity index (χ1v) is 14.7. The van der Waals surface area contributed by atoms with E-state index >= 15 is 0 Å². The zero-order valence-electron chi connectivity index (χ0n) is 22.2. The van der Waals surface area contributed by atoms with E-state index in [1.54, 1.807) is 36.4 Å². The highest BCUT2D eigenvalue weighted by Crippen LogP contribution is 2.13. The topological polar surface area (TPSA) is 185 Å². The Morgan fingerprint density at radius 3 is 1.75 bits per heavy atom. The Hall–Kier alpha value is -4.62. The Bertz CT molecular complexity index is 1810. The van der Waals surface area contributed by atoms with Gasteiger partial charge in [0, 0.05) is 24.5 Å². The Morgan fingerprint density at radius 2 is 1.35 bits per heavy atom. The molecule has 0 aliphatic rings. The lowest BCUT2D eigenvalue weighted by Crippen LogP contribution is -2.22. The number of nitrogens with zero attached hydrogens (tertiary/aromatic N) is 7. The van der Waals surface area contributed by atoms with Crippen LogP contribution in [0, 0.1) is 25.5 Å². The van der Waals surface area contributed by atoms with Crippen molar-refractivity contribution in [2.24, 2.45) is 0 Å². The molecule has 0 aliphatic carbocycles. The average Bonchev–Trinajstić information content (AvgIpc) is 3.52. The summed E-state index contributed by atoms with van der Waals surface area (Å²) in [5, 5.41) is 18.7. The maximum absolute atomic E-state index is 12.0. The van der Waals surface area contributed by atoms with Gasteiger partial charge in [0.05, 0.1) is 15.2 Å². The highest BCUT2D eigenvalue weighted by atomic mass is 32.2. The minimum absolute atomic E-state index is 0.162. The van der Waals surface area contributed by atoms with Crippen molar-refractivity contribution in [3.05, 3.63) is 86.0 Å². The third-order valence-corrected chi connectivity index (χ3v) is 7.62. The Morgan fingerprint density at radius 1 is 0.825 bits per heavy atom. The summed E-state index contributed by atoms with van der Waals surface area (Å²) < 4.78 is 49.5. The number of H-pyrrole nitrogens is 1. The third-order valence-electron chi connectivity index (χ3n) is 5.01. The van der Waals surface area contributed by atoms with Crippen molar-refractivity contribution < 1.29 is 16.8 Å². The second kappa shape index (κ2) is 14.0. The summed E-state index contributed by atoms with van der Waals surface area (Å²) in [5.74, 6) is 0. The van der Waals surface area contributed by atoms with Crippen LogP contribution in [0.25, 0.3) is 6.20 Å². The number of hydrogen-bond acceptors (Lipinski definition) is 10. The minimum Gasteiger partial charge on any atom is -0.245 e. The molecule has 0 fully saturated rings. The Kier molecular flexibility index (Phi) is 11.0. The maximum Gasteiger partial charge on any atom is 0.367 e. The molecule has 2 heterocycles. The van der Waals surface area contributed by atoms with Crippen LogP contribution in [0.5, 0.6) is 0 Å². The molecule has 0 aliphatic heterocycles. The lowest BCUT2D eigenvalue weighted by atomic mass is 10.2. The molecule has 4 aromatic rings. The van der Waals surface area contributed by atoms with Crippen LogP contribution < -0.4 is 11.4 Å². The molecule has 4 rings (SSSR count). The average molecular weight is 589 g/mol. The molecule has 0 spiro atoms. The van der Waals surface area contributed by atoms with Gasteiger partial charge in [-0.2, -0.15) is 14.0 Å². The van der Waals surface area contributed by atoms with Gasteiger partial charge in [0.25, 0.3) is 0 Å². The van der Waals surface area contributed by atoms with E-state index < -0.39 is 25.4 Å². The van der Waals surface area contributed by atoms with Crippen molar-refractivity contribution in [3.8, 4) is 11.7 Å². The summed E-state index contributed by atoms with van der Waals surface area (Å²) in [5.41, 5.74) is 1.23. The van der Waals surface area contributed by atoms with Gasteiger partial charge < -0.3 is 0 Å². The summed E-state index contributed by atoms with van der Waals surface area (Å²) in [6.07, 6.45) is 5.93. The van der Waals surface area contributed by atoms with Crippen LogP contribution in [0.15, 0.2) is 73.3 Å². The number of aromatic amines is 1. The van der Waals surface area contributed by atoms with Crippen molar-refractivity contribution in [1.29, 1.82) is 0 Å². The molecule has 0 atom stereocenters. The molecule has 0 saturated heterocycles. The van der Waals surface area contributed by atoms with Gasteiger partial charge in [-0.25, -0.2) is 31.5 Å². The van der Waals surface area contributed by atoms with Crippen LogP contribution in [0.2, 0.25) is 0 Å². The number of tetrazole rings is 2. The van der Waals surface area contributed by atoms with Crippen LogP contribution in [0.3, 0.4) is 0 Å². The molecule has 212 valence electrons. The van der Waals surface area contributed by atoms with Crippen molar-refractivity contribution in [3.63, 3.8) is 0 Å². The van der Waals surface area contributed by atoms with Crippen LogP contribution in [-0.4, -0.2) is 56.8 Å². The molecule has 14 nitrogen and oxygen atoms in total. The first-order valence-electron chi connectivity index (χ1n) is 11.6. The Labute approximate surface area is 230 Å². The first kappa shape index (κ1) is 31.6. The lowest BCUT2D eigenvalue weighted by molar-refractivity contribution is 0.603. The number of aryl methyl sites for hydroxylation is 4. The summed E-state index contributed by atoms with van der Waals surface area (Å²) in [4.78, 5) is 22.4. The number of hydrogen-bond donors (Lipinski definition) is 1. The molecule has 0 amide bonds. The van der Waals surface area contributed by atoms with Gasteiger partial charge in [0.15, 0.2) is 0 Å². The molecule has 0 unspecified atom stereocenters. The minimum atomic E-state index is -3.61. The van der Waals surface area contributed by atoms with Crippen molar-refractivity contribution in [2.75, 3.05) is 0 Å². The molecule has 1 N–H and O–H groups in total. The van der Waals surface area contributed by atoms with Crippen LogP contribution >= 0.6 is 0 Å². The molecule has 0 radical (unpaired) electrons. The predicted molar refractivity (Wildman–Crippen MR) is 147 cm³/mol. The normalized spacial score (nSPS) is 11.2. The summed E-state index contributed by atoms with van der Waals surface area (Å²) in [6.45, 7) is 8.25. The van der Waals surface area contributed by atoms with E-state index in [0.717, 1.165) is 32.1 Å². The number of aromatic nitrogens is 8. The molecule has 2 aromatic carbocycles. The lowest BCUT2D eigenvalue weighted by Gasteiger charge is -1.99. The molecule has 40 heavy (non-hydrogen) atoms. The van der Waals surface area contributed by atoms with Gasteiger partial charge in [0.2, 0.25) is 19.7 Å². The second-order valence-corrected chi connectivity index (χ2v) is 11.5. The standard InChI is InChI=1S/C12H14N4O3S.C9H8O2S.C3H6N4O/c1-3-15-12(17)16(14-13-15)8-9-20(18,19)11-6-4-10(2)5-7-11;1-3-12(10,11)9-6-4-8(2)5-7-9;1-2-7-3(8)4-5-6-7/h4-9H,3H2,1-2H3;1,4-7H,2H3;2H2,1H3,(H,4,6,8)/b9-8+;;. The van der Waals surface area contributed by atoms with Crippen molar-refractivity contribution in [2.45, 2.75) is 50.6 Å². The van der Waals surface area contributed by atoms with E-state index in [-0.39, 0.29) is 15.5 Å². The zero-order valence-corrected chi connectivity index (χ0v) is 23.8. The molecule has 2 aromatic heterocycles. The zero-order chi connectivity index (χ0) is 29.9. The quantitative estimate of drug-likeness (QED) is 0.252. The van der Waals surface area contributed by atoms with Crippen LogP contribution in [-0.2, 0) is 32.8 Å². The number of terminal acetylenes is 1. The molecule has 16 heteroatoms. The van der Waals surface area contributed by atoms with Crippen LogP contribution in [0.1, 0.15) is 25.0 Å². The second-order valence-electron chi connectivity index (χ2n) is 7.92. The summed E-state index contributed by atoms with van der Waals surface area (Å²) in [7, 11) is -7.09. The number of benzene rings is 2. The van der Waals surface area contributed by atoms with Gasteiger partial charge in [-0.1, -0.05) is 35.4 Å². The highest BCUT2D eigenvalue weighted by molar-refractivity contribution is 7.96. The number of nitrogens with one attached hydrogen (secondary N) is 1. The summed E-state index contributed by atoms with van der Waals surface area (Å²) in [6, 6.07) is 12.9. The smallest absolute Gasteiger partial charge is 0.245 e. The monoisotopic (exact) mass is 588 g/mol. The largest absolute Gasteiger partial charge is 0.367 e. The number of sulfone groups is 2. The van der Waals surface area contributed by atoms with Crippen molar-refractivity contribution in [1.82, 2.24) is 40.0 Å². The van der Waals surface area contributed by atoms with Gasteiger partial charge in [-0.15, -0.1) is 6.42 Å². The van der Waals surface area contributed by atoms with E-state index in [9.17, 15) is 26.4 Å². The fourth-order valence-corrected chi connectivity index (χ4v) is 4.31. The molecular weight excluding hydrogens is 560 g/mol. The van der Waals surface area contributed by atoms with Gasteiger partial charge in [0.1, 0.15) is 0 Å². The molecule has 0 saturated carbocycles. The van der Waals surface area contributed by atoms with E-state index in [1.807, 2.05) is 20.8 Å². The Balaban J connectivity index is 0.000000236. The fourth-order valence-electron chi connectivity index (χ4n) is 2.73. The maximum atomic E-state index is 12.0. The van der Waals surface area contributed by atoms with Gasteiger partial charge in [-0.05, 0) is 72.8 Å². The molecular formula is C24H28N8O6S2. The van der Waals surface area contributed by atoms with E-state index in [0.29, 0.717) is 13.1 Å². The van der Waals surface area contributed by atoms with Gasteiger partial charge in [-0.3, -0.25) is 0 Å². The SMILES string of the molecule is C#CS(=O)(=O)c1ccc(C)cc1.CCn1nn[nH]c1=O.CCn1nnn(/C=C/S(=O)(=O)c2ccc(C)cc2)c1=O. The van der Waals surface area contributed by atoms with Crippen LogP contribution in [0.4, 0.5) is 0 Å². The van der Waals surface area contributed by atoms with Gasteiger partial charge >= 0.3 is 11.4 Å². The summed E-state index contributed by atoms with van der Waals surface area (Å²) >= 11 is 0. The van der Waals surface area contributed by atoms with E-state index in [4.69, 9.17) is 6.42 Å². The number of rotatable bonds is 6.